The fraction of sp³-hybridized carbons (Fsp3) is 0.235. The molecule has 1 aliphatic heterocycles. The predicted molar refractivity (Wildman–Crippen MR) is 80.1 cm³/mol. The Morgan fingerprint density at radius 1 is 1.19 bits per heavy atom. The van der Waals surface area contributed by atoms with E-state index in [1.165, 1.54) is 0 Å². The summed E-state index contributed by atoms with van der Waals surface area (Å²) in [5.74, 6) is 0.646. The summed E-state index contributed by atoms with van der Waals surface area (Å²) in [6.07, 6.45) is 0.691. The van der Waals surface area contributed by atoms with Crippen LogP contribution >= 0.6 is 0 Å². The molecule has 2 aromatic rings. The minimum Gasteiger partial charge on any atom is -0.492 e. The van der Waals surface area contributed by atoms with Crippen molar-refractivity contribution in [2.75, 3.05) is 11.9 Å². The molecule has 0 saturated carbocycles. The van der Waals surface area contributed by atoms with Gasteiger partial charge in [0.1, 0.15) is 12.4 Å². The maximum Gasteiger partial charge on any atom is 0.231 e. The van der Waals surface area contributed by atoms with Gasteiger partial charge in [0.2, 0.25) is 5.91 Å². The summed E-state index contributed by atoms with van der Waals surface area (Å²) in [7, 11) is 0. The second-order valence-electron chi connectivity index (χ2n) is 5.16. The van der Waals surface area contributed by atoms with E-state index in [0.717, 1.165) is 22.6 Å². The van der Waals surface area contributed by atoms with Gasteiger partial charge < -0.3 is 15.2 Å². The van der Waals surface area contributed by atoms with Crippen molar-refractivity contribution in [3.8, 4) is 5.75 Å². The number of carbonyl (C=O) groups is 1. The van der Waals surface area contributed by atoms with Gasteiger partial charge in [0.15, 0.2) is 0 Å². The van der Waals surface area contributed by atoms with Crippen molar-refractivity contribution in [2.24, 2.45) is 5.92 Å². The third-order valence-electron chi connectivity index (χ3n) is 3.65. The molecule has 0 fully saturated rings. The monoisotopic (exact) mass is 283 g/mol. The number of para-hydroxylation sites is 1. The Balaban J connectivity index is 1.66. The van der Waals surface area contributed by atoms with E-state index in [4.69, 9.17) is 9.84 Å². The molecule has 4 nitrogen and oxygen atoms in total. The average molecular weight is 283 g/mol. The van der Waals surface area contributed by atoms with Crippen LogP contribution in [-0.2, 0) is 17.8 Å². The molecule has 2 N–H and O–H groups in total. The number of nitrogens with one attached hydrogen (secondary N) is 1. The molecule has 0 bridgehead atoms. The molecular weight excluding hydrogens is 266 g/mol. The van der Waals surface area contributed by atoms with Crippen molar-refractivity contribution in [3.05, 3.63) is 59.7 Å². The van der Waals surface area contributed by atoms with Gasteiger partial charge in [-0.1, -0.05) is 30.3 Å². The second-order valence-corrected chi connectivity index (χ2v) is 5.16. The molecular formula is C17H17NO3. The number of amides is 1. The molecule has 1 aliphatic rings. The Morgan fingerprint density at radius 2 is 1.95 bits per heavy atom. The number of aliphatic hydroxyl groups excluding tert-OH is 1. The van der Waals surface area contributed by atoms with Crippen molar-refractivity contribution >= 4 is 11.6 Å². The molecule has 21 heavy (non-hydrogen) atoms. The number of ether oxygens (including phenoxy) is 1. The van der Waals surface area contributed by atoms with Crippen molar-refractivity contribution in [2.45, 2.75) is 13.0 Å². The minimum atomic E-state index is -0.183. The molecule has 108 valence electrons. The summed E-state index contributed by atoms with van der Waals surface area (Å²) in [6, 6.07) is 15.0. The number of hydrogen-bond donors (Lipinski definition) is 2. The van der Waals surface area contributed by atoms with E-state index in [-0.39, 0.29) is 18.4 Å². The third kappa shape index (κ3) is 3.06. The van der Waals surface area contributed by atoms with E-state index in [1.807, 2.05) is 24.3 Å². The van der Waals surface area contributed by atoms with Gasteiger partial charge >= 0.3 is 0 Å². The molecule has 1 heterocycles. The molecule has 0 spiro atoms. The maximum absolute atomic E-state index is 12.3. The van der Waals surface area contributed by atoms with Gasteiger partial charge in [0, 0.05) is 5.69 Å². The number of aliphatic hydroxyl groups is 1. The first-order valence-corrected chi connectivity index (χ1v) is 6.97. The average Bonchev–Trinajstić information content (AvgIpc) is 2.55. The molecule has 0 aromatic heterocycles. The van der Waals surface area contributed by atoms with Crippen LogP contribution in [-0.4, -0.2) is 17.6 Å². The molecule has 4 heteroatoms. The highest BCUT2D eigenvalue weighted by Gasteiger charge is 2.25. The smallest absolute Gasteiger partial charge is 0.231 e. The van der Waals surface area contributed by atoms with Gasteiger partial charge in [-0.05, 0) is 35.7 Å². The van der Waals surface area contributed by atoms with Crippen molar-refractivity contribution in [1.82, 2.24) is 0 Å². The maximum atomic E-state index is 12.3. The first-order valence-electron chi connectivity index (χ1n) is 6.97. The topological polar surface area (TPSA) is 58.6 Å². The van der Waals surface area contributed by atoms with Crippen LogP contribution in [0.1, 0.15) is 11.1 Å². The van der Waals surface area contributed by atoms with E-state index in [2.05, 4.69) is 5.32 Å². The van der Waals surface area contributed by atoms with Crippen molar-refractivity contribution in [1.29, 1.82) is 0 Å². The lowest BCUT2D eigenvalue weighted by atomic mass is 9.96. The number of anilines is 1. The number of carbonyl (C=O) groups excluding carboxylic acids is 1. The summed E-state index contributed by atoms with van der Waals surface area (Å²) in [5, 5.41) is 11.9. The zero-order valence-electron chi connectivity index (χ0n) is 11.6. The minimum absolute atomic E-state index is 0.00146. The highest BCUT2D eigenvalue weighted by atomic mass is 16.5. The fourth-order valence-electron chi connectivity index (χ4n) is 2.43. The molecule has 1 amide bonds. The molecule has 1 atom stereocenters. The first kappa shape index (κ1) is 13.6. The van der Waals surface area contributed by atoms with Gasteiger partial charge in [-0.3, -0.25) is 4.79 Å². The van der Waals surface area contributed by atoms with E-state index in [9.17, 15) is 4.79 Å². The highest BCUT2D eigenvalue weighted by molar-refractivity contribution is 5.93. The quantitative estimate of drug-likeness (QED) is 0.909. The van der Waals surface area contributed by atoms with Crippen LogP contribution in [0.4, 0.5) is 5.69 Å². The summed E-state index contributed by atoms with van der Waals surface area (Å²) in [4.78, 5) is 12.3. The van der Waals surface area contributed by atoms with E-state index in [1.54, 1.807) is 24.3 Å². The Labute approximate surface area is 123 Å². The van der Waals surface area contributed by atoms with Gasteiger partial charge in [-0.2, -0.15) is 0 Å². The number of rotatable bonds is 3. The SMILES string of the molecule is O=C(Nc1ccc(CO)cc1)C1COc2ccccc2C1. The number of hydrogen-bond acceptors (Lipinski definition) is 3. The van der Waals surface area contributed by atoms with Crippen LogP contribution in [0.3, 0.4) is 0 Å². The Kier molecular flexibility index (Phi) is 3.88. The lowest BCUT2D eigenvalue weighted by molar-refractivity contribution is -0.121. The van der Waals surface area contributed by atoms with Crippen LogP contribution in [0.25, 0.3) is 0 Å². The van der Waals surface area contributed by atoms with Crippen LogP contribution in [0.5, 0.6) is 5.75 Å². The number of benzene rings is 2. The standard InChI is InChI=1S/C17H17NO3/c19-10-12-5-7-15(8-6-12)18-17(20)14-9-13-3-1-2-4-16(13)21-11-14/h1-8,14,19H,9-11H2,(H,18,20). The third-order valence-corrected chi connectivity index (χ3v) is 3.65. The van der Waals surface area contributed by atoms with Crippen LogP contribution in [0.2, 0.25) is 0 Å². The second kappa shape index (κ2) is 5.97. The van der Waals surface area contributed by atoms with Gasteiger partial charge in [0.25, 0.3) is 0 Å². The zero-order chi connectivity index (χ0) is 14.7. The summed E-state index contributed by atoms with van der Waals surface area (Å²) in [6.45, 7) is 0.402. The van der Waals surface area contributed by atoms with Crippen LogP contribution in [0, 0.1) is 5.92 Å². The van der Waals surface area contributed by atoms with Gasteiger partial charge in [-0.25, -0.2) is 0 Å². The molecule has 2 aromatic carbocycles. The van der Waals surface area contributed by atoms with Gasteiger partial charge in [-0.15, -0.1) is 0 Å². The lowest BCUT2D eigenvalue weighted by Gasteiger charge is -2.24. The first-order chi connectivity index (χ1) is 10.3. The predicted octanol–water partition coefficient (Wildman–Crippen LogP) is 2.37. The lowest BCUT2D eigenvalue weighted by Crippen LogP contribution is -2.32. The van der Waals surface area contributed by atoms with E-state index in [0.29, 0.717) is 13.0 Å². The fourth-order valence-corrected chi connectivity index (χ4v) is 2.43. The normalized spacial score (nSPS) is 16.7. The Hall–Kier alpha value is -2.33. The molecule has 0 radical (unpaired) electrons. The van der Waals surface area contributed by atoms with Crippen molar-refractivity contribution in [3.63, 3.8) is 0 Å². The zero-order valence-corrected chi connectivity index (χ0v) is 11.6. The number of fused-ring (bicyclic) bond motifs is 1. The summed E-state index contributed by atoms with van der Waals surface area (Å²) in [5.41, 5.74) is 2.62. The van der Waals surface area contributed by atoms with Crippen LogP contribution < -0.4 is 10.1 Å². The highest BCUT2D eigenvalue weighted by Crippen LogP contribution is 2.27. The summed E-state index contributed by atoms with van der Waals surface area (Å²) < 4.78 is 5.64. The molecule has 0 saturated heterocycles. The Morgan fingerprint density at radius 3 is 2.71 bits per heavy atom. The van der Waals surface area contributed by atoms with E-state index >= 15 is 0 Å². The summed E-state index contributed by atoms with van der Waals surface area (Å²) >= 11 is 0. The van der Waals surface area contributed by atoms with Crippen LogP contribution in [0.15, 0.2) is 48.5 Å². The largest absolute Gasteiger partial charge is 0.492 e. The van der Waals surface area contributed by atoms with E-state index < -0.39 is 0 Å². The Bertz CT molecular complexity index is 637. The molecule has 0 aliphatic carbocycles. The van der Waals surface area contributed by atoms with Crippen molar-refractivity contribution < 1.29 is 14.6 Å². The van der Waals surface area contributed by atoms with Gasteiger partial charge in [0.05, 0.1) is 12.5 Å². The molecule has 1 unspecified atom stereocenters. The molecule has 3 rings (SSSR count).